The summed E-state index contributed by atoms with van der Waals surface area (Å²) in [6.07, 6.45) is 0. The van der Waals surface area contributed by atoms with Crippen LogP contribution in [0.2, 0.25) is 5.02 Å². The third kappa shape index (κ3) is 2.32. The Morgan fingerprint density at radius 3 is 2.05 bits per heavy atom. The van der Waals surface area contributed by atoms with Crippen LogP contribution < -0.4 is 9.64 Å². The van der Waals surface area contributed by atoms with Crippen LogP contribution in [0.1, 0.15) is 5.56 Å². The van der Waals surface area contributed by atoms with Gasteiger partial charge in [0.05, 0.1) is 11.4 Å². The van der Waals surface area contributed by atoms with Crippen LogP contribution in [-0.2, 0) is 6.54 Å². The van der Waals surface area contributed by atoms with E-state index in [0.717, 1.165) is 34.4 Å². The predicted molar refractivity (Wildman–Crippen MR) is 90.3 cm³/mol. The molecule has 2 nitrogen and oxygen atoms in total. The first-order valence-electron chi connectivity index (χ1n) is 7.19. The molecule has 1 aliphatic heterocycles. The molecule has 4 rings (SSSR count). The van der Waals surface area contributed by atoms with Crippen molar-refractivity contribution >= 4 is 23.0 Å². The van der Waals surface area contributed by atoms with Crippen LogP contribution in [0.3, 0.4) is 0 Å². The summed E-state index contributed by atoms with van der Waals surface area (Å²) in [6, 6.07) is 24.2. The number of hydrogen-bond donors (Lipinski definition) is 0. The standard InChI is InChI=1S/C19H14ClNO/c20-15-7-5-6-14(12-15)13-21-16-8-1-3-10-18(16)22-19-11-4-2-9-17(19)21/h1-12H,13H2. The van der Waals surface area contributed by atoms with E-state index in [1.54, 1.807) is 0 Å². The van der Waals surface area contributed by atoms with Gasteiger partial charge in [0.1, 0.15) is 0 Å². The normalized spacial score (nSPS) is 12.3. The highest BCUT2D eigenvalue weighted by Gasteiger charge is 2.23. The number of rotatable bonds is 2. The smallest absolute Gasteiger partial charge is 0.151 e. The summed E-state index contributed by atoms with van der Waals surface area (Å²) in [5.74, 6) is 1.76. The van der Waals surface area contributed by atoms with E-state index in [0.29, 0.717) is 0 Å². The molecular formula is C19H14ClNO. The molecule has 0 radical (unpaired) electrons. The largest absolute Gasteiger partial charge is 0.453 e. The monoisotopic (exact) mass is 307 g/mol. The molecule has 0 saturated heterocycles. The van der Waals surface area contributed by atoms with Crippen LogP contribution in [-0.4, -0.2) is 0 Å². The van der Waals surface area contributed by atoms with E-state index >= 15 is 0 Å². The molecule has 0 bridgehead atoms. The van der Waals surface area contributed by atoms with E-state index < -0.39 is 0 Å². The lowest BCUT2D eigenvalue weighted by molar-refractivity contribution is 0.473. The Hall–Kier alpha value is -2.45. The van der Waals surface area contributed by atoms with Crippen LogP contribution in [0.15, 0.2) is 72.8 Å². The Morgan fingerprint density at radius 2 is 1.41 bits per heavy atom. The minimum atomic E-state index is 0.748. The summed E-state index contributed by atoms with van der Waals surface area (Å²) in [6.45, 7) is 0.748. The second-order valence-electron chi connectivity index (χ2n) is 5.25. The maximum atomic E-state index is 6.12. The number of anilines is 2. The van der Waals surface area contributed by atoms with Crippen molar-refractivity contribution in [3.05, 3.63) is 83.4 Å². The highest BCUT2D eigenvalue weighted by molar-refractivity contribution is 6.30. The van der Waals surface area contributed by atoms with Gasteiger partial charge in [-0.1, -0.05) is 48.0 Å². The summed E-state index contributed by atoms with van der Waals surface area (Å²) < 4.78 is 6.00. The van der Waals surface area contributed by atoms with Crippen molar-refractivity contribution < 1.29 is 4.74 Å². The van der Waals surface area contributed by atoms with Gasteiger partial charge in [0, 0.05) is 11.6 Å². The van der Waals surface area contributed by atoms with Crippen molar-refractivity contribution in [2.75, 3.05) is 4.90 Å². The van der Waals surface area contributed by atoms with E-state index in [1.165, 1.54) is 5.56 Å². The first-order chi connectivity index (χ1) is 10.8. The molecule has 0 fully saturated rings. The van der Waals surface area contributed by atoms with Gasteiger partial charge in [0.25, 0.3) is 0 Å². The van der Waals surface area contributed by atoms with Gasteiger partial charge in [-0.05, 0) is 42.0 Å². The van der Waals surface area contributed by atoms with Crippen molar-refractivity contribution in [3.8, 4) is 11.5 Å². The molecule has 0 amide bonds. The fraction of sp³-hybridized carbons (Fsp3) is 0.0526. The molecule has 0 spiro atoms. The Labute approximate surface area is 134 Å². The van der Waals surface area contributed by atoms with Crippen LogP contribution in [0.25, 0.3) is 0 Å². The van der Waals surface area contributed by atoms with E-state index in [4.69, 9.17) is 16.3 Å². The molecule has 0 saturated carbocycles. The second-order valence-corrected chi connectivity index (χ2v) is 5.69. The summed E-state index contributed by atoms with van der Waals surface area (Å²) >= 11 is 6.12. The van der Waals surface area contributed by atoms with Crippen LogP contribution in [0, 0.1) is 0 Å². The summed E-state index contributed by atoms with van der Waals surface area (Å²) in [4.78, 5) is 2.26. The predicted octanol–water partition coefficient (Wildman–Crippen LogP) is 5.78. The Morgan fingerprint density at radius 1 is 0.773 bits per heavy atom. The molecule has 1 heterocycles. The SMILES string of the molecule is Clc1cccc(CN2c3ccccc3Oc3ccccc32)c1. The van der Waals surface area contributed by atoms with Crippen molar-refractivity contribution in [1.82, 2.24) is 0 Å². The number of halogens is 1. The summed E-state index contributed by atoms with van der Waals surface area (Å²) in [5.41, 5.74) is 3.31. The number of ether oxygens (including phenoxy) is 1. The Bertz CT molecular complexity index is 785. The molecule has 3 heteroatoms. The Kier molecular flexibility index (Phi) is 3.24. The fourth-order valence-corrected chi connectivity index (χ4v) is 2.98. The van der Waals surface area contributed by atoms with Crippen molar-refractivity contribution in [1.29, 1.82) is 0 Å². The van der Waals surface area contributed by atoms with E-state index in [-0.39, 0.29) is 0 Å². The molecule has 108 valence electrons. The summed E-state index contributed by atoms with van der Waals surface area (Å²) in [5, 5.41) is 0.757. The zero-order chi connectivity index (χ0) is 14.9. The topological polar surface area (TPSA) is 12.5 Å². The van der Waals surface area contributed by atoms with Crippen molar-refractivity contribution in [3.63, 3.8) is 0 Å². The maximum absolute atomic E-state index is 6.12. The van der Waals surface area contributed by atoms with Crippen molar-refractivity contribution in [2.24, 2.45) is 0 Å². The highest BCUT2D eigenvalue weighted by atomic mass is 35.5. The van der Waals surface area contributed by atoms with Crippen LogP contribution in [0.4, 0.5) is 11.4 Å². The lowest BCUT2D eigenvalue weighted by Gasteiger charge is -2.32. The molecule has 3 aromatic rings. The average molecular weight is 308 g/mol. The number of fused-ring (bicyclic) bond motifs is 2. The first-order valence-corrected chi connectivity index (χ1v) is 7.57. The van der Waals surface area contributed by atoms with E-state index in [9.17, 15) is 0 Å². The van der Waals surface area contributed by atoms with Gasteiger partial charge in [-0.15, -0.1) is 0 Å². The molecule has 0 aliphatic carbocycles. The van der Waals surface area contributed by atoms with Gasteiger partial charge < -0.3 is 9.64 Å². The van der Waals surface area contributed by atoms with Crippen molar-refractivity contribution in [2.45, 2.75) is 6.54 Å². The molecule has 1 aliphatic rings. The molecule has 0 aromatic heterocycles. The van der Waals surface area contributed by atoms with Crippen LogP contribution in [0.5, 0.6) is 11.5 Å². The minimum absolute atomic E-state index is 0.748. The van der Waals surface area contributed by atoms with Gasteiger partial charge in [0.2, 0.25) is 0 Å². The van der Waals surface area contributed by atoms with Gasteiger partial charge in [-0.2, -0.15) is 0 Å². The minimum Gasteiger partial charge on any atom is -0.453 e. The fourth-order valence-electron chi connectivity index (χ4n) is 2.77. The zero-order valence-corrected chi connectivity index (χ0v) is 12.6. The van der Waals surface area contributed by atoms with E-state index in [1.807, 2.05) is 54.6 Å². The highest BCUT2D eigenvalue weighted by Crippen LogP contribution is 2.46. The number of para-hydroxylation sites is 4. The number of hydrogen-bond acceptors (Lipinski definition) is 2. The lowest BCUT2D eigenvalue weighted by Crippen LogP contribution is -2.20. The van der Waals surface area contributed by atoms with Gasteiger partial charge in [-0.25, -0.2) is 0 Å². The average Bonchev–Trinajstić information content (AvgIpc) is 2.55. The molecule has 22 heavy (non-hydrogen) atoms. The third-order valence-corrected chi connectivity index (χ3v) is 4.00. The van der Waals surface area contributed by atoms with E-state index in [2.05, 4.69) is 23.1 Å². The number of benzene rings is 3. The van der Waals surface area contributed by atoms with Crippen LogP contribution >= 0.6 is 11.6 Å². The Balaban J connectivity index is 1.81. The number of nitrogens with zero attached hydrogens (tertiary/aromatic N) is 1. The first kappa shape index (κ1) is 13.2. The third-order valence-electron chi connectivity index (χ3n) is 3.76. The summed E-state index contributed by atoms with van der Waals surface area (Å²) in [7, 11) is 0. The maximum Gasteiger partial charge on any atom is 0.151 e. The second kappa shape index (κ2) is 5.39. The molecular weight excluding hydrogens is 294 g/mol. The van der Waals surface area contributed by atoms with Gasteiger partial charge >= 0.3 is 0 Å². The zero-order valence-electron chi connectivity index (χ0n) is 11.9. The molecule has 3 aromatic carbocycles. The molecule has 0 atom stereocenters. The molecule has 0 unspecified atom stereocenters. The van der Waals surface area contributed by atoms with Gasteiger partial charge in [0.15, 0.2) is 11.5 Å². The quantitative estimate of drug-likeness (QED) is 0.594. The van der Waals surface area contributed by atoms with Gasteiger partial charge in [-0.3, -0.25) is 0 Å². The lowest BCUT2D eigenvalue weighted by atomic mass is 10.1. The molecule has 0 N–H and O–H groups in total.